The van der Waals surface area contributed by atoms with Gasteiger partial charge in [-0.1, -0.05) is 55.2 Å². The normalized spacial score (nSPS) is 12.0. The number of nitrogens with one attached hydrogen (secondary N) is 2. The Morgan fingerprint density at radius 1 is 1.00 bits per heavy atom. The van der Waals surface area contributed by atoms with E-state index in [1.54, 1.807) is 18.2 Å². The van der Waals surface area contributed by atoms with Crippen molar-refractivity contribution in [2.75, 3.05) is 5.32 Å². The number of halogens is 2. The molecular formula is C24H25Cl2N3O2S. The predicted octanol–water partition coefficient (Wildman–Crippen LogP) is 6.50. The van der Waals surface area contributed by atoms with Gasteiger partial charge in [0.1, 0.15) is 4.88 Å². The van der Waals surface area contributed by atoms with Crippen molar-refractivity contribution in [2.24, 2.45) is 0 Å². The summed E-state index contributed by atoms with van der Waals surface area (Å²) >= 11 is 13.7. The van der Waals surface area contributed by atoms with Crippen LogP contribution in [0.5, 0.6) is 0 Å². The van der Waals surface area contributed by atoms with E-state index in [1.807, 2.05) is 38.1 Å². The van der Waals surface area contributed by atoms with Gasteiger partial charge in [0.15, 0.2) is 0 Å². The number of carbonyl (C=O) groups excluding carboxylic acids is 2. The zero-order valence-corrected chi connectivity index (χ0v) is 20.7. The number of amides is 2. The molecule has 3 rings (SSSR count). The van der Waals surface area contributed by atoms with Crippen LogP contribution in [0, 0.1) is 6.92 Å². The van der Waals surface area contributed by atoms with E-state index in [-0.39, 0.29) is 23.4 Å². The third-order valence-corrected chi connectivity index (χ3v) is 6.92. The molecule has 8 heteroatoms. The van der Waals surface area contributed by atoms with Gasteiger partial charge in [0.25, 0.3) is 11.8 Å². The molecule has 0 radical (unpaired) electrons. The summed E-state index contributed by atoms with van der Waals surface area (Å²) in [6.45, 7) is 7.97. The number of aromatic nitrogens is 1. The highest BCUT2D eigenvalue weighted by molar-refractivity contribution is 7.13. The topological polar surface area (TPSA) is 71.1 Å². The largest absolute Gasteiger partial charge is 0.348 e. The molecule has 0 aliphatic carbocycles. The summed E-state index contributed by atoms with van der Waals surface area (Å²) in [5.41, 5.74) is 2.68. The van der Waals surface area contributed by atoms with Gasteiger partial charge in [0.05, 0.1) is 26.3 Å². The zero-order chi connectivity index (χ0) is 23.4. The monoisotopic (exact) mass is 489 g/mol. The smallest absolute Gasteiger partial charge is 0.263 e. The Kier molecular flexibility index (Phi) is 7.93. The Morgan fingerprint density at radius 2 is 1.62 bits per heavy atom. The molecule has 2 aromatic carbocycles. The molecule has 3 aromatic rings. The summed E-state index contributed by atoms with van der Waals surface area (Å²) in [5.74, 6) is -0.166. The number of hydrogen-bond donors (Lipinski definition) is 2. The summed E-state index contributed by atoms with van der Waals surface area (Å²) < 4.78 is 0. The quantitative estimate of drug-likeness (QED) is 0.398. The summed E-state index contributed by atoms with van der Waals surface area (Å²) in [6, 6.07) is 12.3. The van der Waals surface area contributed by atoms with Crippen molar-refractivity contribution in [3.05, 3.63) is 79.2 Å². The highest BCUT2D eigenvalue weighted by Gasteiger charge is 2.19. The van der Waals surface area contributed by atoms with E-state index in [0.717, 1.165) is 16.3 Å². The molecule has 32 heavy (non-hydrogen) atoms. The first kappa shape index (κ1) is 24.2. The van der Waals surface area contributed by atoms with Gasteiger partial charge >= 0.3 is 0 Å². The van der Waals surface area contributed by atoms with E-state index < -0.39 is 0 Å². The molecule has 0 bridgehead atoms. The van der Waals surface area contributed by atoms with Crippen LogP contribution in [0.25, 0.3) is 0 Å². The van der Waals surface area contributed by atoms with E-state index in [0.29, 0.717) is 32.9 Å². The average Bonchev–Trinajstić information content (AvgIpc) is 3.11. The predicted molar refractivity (Wildman–Crippen MR) is 132 cm³/mol. The Balaban J connectivity index is 1.59. The van der Waals surface area contributed by atoms with Crippen LogP contribution >= 0.6 is 34.5 Å². The molecule has 5 nitrogen and oxygen atoms in total. The number of anilines is 1. The van der Waals surface area contributed by atoms with Crippen LogP contribution in [0.1, 0.15) is 63.0 Å². The first-order valence-electron chi connectivity index (χ1n) is 10.3. The maximum absolute atomic E-state index is 12.7. The van der Waals surface area contributed by atoms with Crippen LogP contribution in [-0.2, 0) is 6.42 Å². The molecule has 0 aliphatic rings. The fraction of sp³-hybridized carbons (Fsp3) is 0.292. The average molecular weight is 490 g/mol. The number of aryl methyl sites for hydroxylation is 1. The second-order valence-electron chi connectivity index (χ2n) is 7.95. The van der Waals surface area contributed by atoms with Crippen molar-refractivity contribution >= 4 is 52.0 Å². The molecule has 0 aliphatic heterocycles. The van der Waals surface area contributed by atoms with Crippen molar-refractivity contribution in [3.8, 4) is 0 Å². The lowest BCUT2D eigenvalue weighted by atomic mass is 10.1. The maximum Gasteiger partial charge on any atom is 0.263 e. The van der Waals surface area contributed by atoms with E-state index in [1.165, 1.54) is 11.3 Å². The highest BCUT2D eigenvalue weighted by atomic mass is 35.5. The lowest BCUT2D eigenvalue weighted by Gasteiger charge is -2.14. The Labute approximate surface area is 202 Å². The van der Waals surface area contributed by atoms with Gasteiger partial charge in [-0.15, -0.1) is 11.3 Å². The minimum absolute atomic E-state index is 0.0612. The molecule has 1 aromatic heterocycles. The van der Waals surface area contributed by atoms with Crippen LogP contribution in [0.4, 0.5) is 5.69 Å². The molecule has 1 atom stereocenters. The van der Waals surface area contributed by atoms with Gasteiger partial charge < -0.3 is 10.6 Å². The molecule has 2 amide bonds. The maximum atomic E-state index is 12.7. The minimum Gasteiger partial charge on any atom is -0.348 e. The fourth-order valence-corrected chi connectivity index (χ4v) is 4.74. The summed E-state index contributed by atoms with van der Waals surface area (Å²) in [6.07, 6.45) is 0.658. The standard InChI is InChI=1S/C24H25Cl2N3O2S/c1-13(2)24-28-15(4)21(32-24)23(31)27-14(3)12-16-8-10-17(11-9-16)29-22(30)20-18(25)6-5-7-19(20)26/h5-11,13-14H,12H2,1-4H3,(H,27,31)(H,29,30). The Hall–Kier alpha value is -2.41. The molecule has 1 heterocycles. The van der Waals surface area contributed by atoms with Crippen molar-refractivity contribution in [2.45, 2.75) is 46.1 Å². The van der Waals surface area contributed by atoms with E-state index >= 15 is 0 Å². The van der Waals surface area contributed by atoms with Gasteiger partial charge in [-0.05, 0) is 50.1 Å². The van der Waals surface area contributed by atoms with Crippen molar-refractivity contribution < 1.29 is 9.59 Å². The number of carbonyl (C=O) groups is 2. The van der Waals surface area contributed by atoms with Crippen molar-refractivity contribution in [1.29, 1.82) is 0 Å². The van der Waals surface area contributed by atoms with Crippen LogP contribution in [-0.4, -0.2) is 22.8 Å². The van der Waals surface area contributed by atoms with Crippen LogP contribution < -0.4 is 10.6 Å². The molecule has 0 saturated heterocycles. The van der Waals surface area contributed by atoms with Crippen LogP contribution in [0.15, 0.2) is 42.5 Å². The number of rotatable bonds is 7. The lowest BCUT2D eigenvalue weighted by molar-refractivity contribution is 0.0942. The van der Waals surface area contributed by atoms with Crippen LogP contribution in [0.3, 0.4) is 0 Å². The minimum atomic E-state index is -0.366. The lowest BCUT2D eigenvalue weighted by Crippen LogP contribution is -2.34. The molecule has 0 spiro atoms. The van der Waals surface area contributed by atoms with Gasteiger partial charge in [-0.25, -0.2) is 4.98 Å². The van der Waals surface area contributed by atoms with E-state index in [4.69, 9.17) is 23.2 Å². The van der Waals surface area contributed by atoms with Gasteiger partial charge in [0, 0.05) is 17.6 Å². The third-order valence-electron chi connectivity index (χ3n) is 4.83. The summed E-state index contributed by atoms with van der Waals surface area (Å²) in [5, 5.41) is 7.43. The Morgan fingerprint density at radius 3 is 2.19 bits per heavy atom. The second kappa shape index (κ2) is 10.5. The first-order valence-corrected chi connectivity index (χ1v) is 11.9. The van der Waals surface area contributed by atoms with Crippen LogP contribution in [0.2, 0.25) is 10.0 Å². The molecular weight excluding hydrogens is 465 g/mol. The number of benzene rings is 2. The van der Waals surface area contributed by atoms with Gasteiger partial charge in [-0.3, -0.25) is 9.59 Å². The highest BCUT2D eigenvalue weighted by Crippen LogP contribution is 2.26. The fourth-order valence-electron chi connectivity index (χ4n) is 3.20. The van der Waals surface area contributed by atoms with Crippen molar-refractivity contribution in [1.82, 2.24) is 10.3 Å². The summed E-state index contributed by atoms with van der Waals surface area (Å²) in [7, 11) is 0. The SMILES string of the molecule is Cc1nc(C(C)C)sc1C(=O)NC(C)Cc1ccc(NC(=O)c2c(Cl)cccc2Cl)cc1. The Bertz CT molecular complexity index is 1110. The van der Waals surface area contributed by atoms with Gasteiger partial charge in [-0.2, -0.15) is 0 Å². The third kappa shape index (κ3) is 5.88. The number of hydrogen-bond acceptors (Lipinski definition) is 4. The summed E-state index contributed by atoms with van der Waals surface area (Å²) in [4.78, 5) is 30.3. The zero-order valence-electron chi connectivity index (χ0n) is 18.3. The van der Waals surface area contributed by atoms with Gasteiger partial charge in [0.2, 0.25) is 0 Å². The second-order valence-corrected chi connectivity index (χ2v) is 9.79. The first-order chi connectivity index (χ1) is 15.2. The molecule has 0 fully saturated rings. The van der Waals surface area contributed by atoms with Crippen molar-refractivity contribution in [3.63, 3.8) is 0 Å². The molecule has 168 valence electrons. The van der Waals surface area contributed by atoms with E-state index in [2.05, 4.69) is 29.5 Å². The number of nitrogens with zero attached hydrogens (tertiary/aromatic N) is 1. The molecule has 2 N–H and O–H groups in total. The molecule has 0 saturated carbocycles. The molecule has 1 unspecified atom stereocenters. The number of thiazole rings is 1. The van der Waals surface area contributed by atoms with E-state index in [9.17, 15) is 9.59 Å².